The molecule has 0 radical (unpaired) electrons. The van der Waals surface area contributed by atoms with E-state index >= 15 is 0 Å². The van der Waals surface area contributed by atoms with Crippen molar-refractivity contribution < 1.29 is 22.0 Å². The van der Waals surface area contributed by atoms with E-state index in [1.807, 2.05) is 0 Å². The summed E-state index contributed by atoms with van der Waals surface area (Å²) in [4.78, 5) is 13.8. The molecule has 1 atom stereocenters. The first kappa shape index (κ1) is 19.6. The summed E-state index contributed by atoms with van der Waals surface area (Å²) in [6.07, 6.45) is 1.53. The van der Waals surface area contributed by atoms with Gasteiger partial charge < -0.3 is 10.2 Å². The number of halogens is 2. The standard InChI is InChI=1S/C16H23F2N3O3S/c1-11(2)25(23,24)19-9-12-4-3-7-21(10-12)16(22)20-15-6-5-13(17)8-14(15)18/h5-6,8,11-12,19H,3-4,7,9-10H2,1-2H3,(H,20,22)/t12-/m0/s1. The molecule has 1 aromatic carbocycles. The maximum atomic E-state index is 13.6. The number of carbonyl (C=O) groups is 1. The zero-order valence-electron chi connectivity index (χ0n) is 14.3. The van der Waals surface area contributed by atoms with Gasteiger partial charge >= 0.3 is 6.03 Å². The average Bonchev–Trinajstić information content (AvgIpc) is 2.55. The van der Waals surface area contributed by atoms with Gasteiger partial charge in [-0.25, -0.2) is 26.7 Å². The Morgan fingerprint density at radius 1 is 1.36 bits per heavy atom. The highest BCUT2D eigenvalue weighted by Crippen LogP contribution is 2.19. The number of hydrogen-bond donors (Lipinski definition) is 2. The molecule has 0 bridgehead atoms. The van der Waals surface area contributed by atoms with Crippen molar-refractivity contribution in [2.75, 3.05) is 25.0 Å². The van der Waals surface area contributed by atoms with E-state index in [1.165, 1.54) is 11.0 Å². The van der Waals surface area contributed by atoms with Gasteiger partial charge in [-0.3, -0.25) is 0 Å². The Kier molecular flexibility index (Phi) is 6.34. The Morgan fingerprint density at radius 2 is 2.08 bits per heavy atom. The summed E-state index contributed by atoms with van der Waals surface area (Å²) in [6.45, 7) is 4.33. The molecule has 0 saturated carbocycles. The Bertz CT molecular complexity index is 725. The lowest BCUT2D eigenvalue weighted by Crippen LogP contribution is -2.46. The van der Waals surface area contributed by atoms with Crippen molar-refractivity contribution in [1.29, 1.82) is 0 Å². The van der Waals surface area contributed by atoms with E-state index in [-0.39, 0.29) is 18.2 Å². The Balaban J connectivity index is 1.92. The Morgan fingerprint density at radius 3 is 2.72 bits per heavy atom. The molecule has 1 heterocycles. The number of amides is 2. The average molecular weight is 375 g/mol. The smallest absolute Gasteiger partial charge is 0.321 e. The molecule has 0 aliphatic carbocycles. The monoisotopic (exact) mass is 375 g/mol. The summed E-state index contributed by atoms with van der Waals surface area (Å²) in [5, 5.41) is 1.91. The molecule has 25 heavy (non-hydrogen) atoms. The van der Waals surface area contributed by atoms with Crippen LogP contribution in [0, 0.1) is 17.6 Å². The van der Waals surface area contributed by atoms with Crippen LogP contribution in [0.4, 0.5) is 19.3 Å². The number of nitrogens with zero attached hydrogens (tertiary/aromatic N) is 1. The maximum absolute atomic E-state index is 13.6. The molecule has 2 amide bonds. The van der Waals surface area contributed by atoms with Gasteiger partial charge in [0.2, 0.25) is 10.0 Å². The van der Waals surface area contributed by atoms with Crippen LogP contribution in [-0.4, -0.2) is 44.2 Å². The molecule has 1 aliphatic rings. The Hall–Kier alpha value is -1.74. The highest BCUT2D eigenvalue weighted by Gasteiger charge is 2.26. The summed E-state index contributed by atoms with van der Waals surface area (Å²) in [5.41, 5.74) is -0.0889. The quantitative estimate of drug-likeness (QED) is 0.830. The SMILES string of the molecule is CC(C)S(=O)(=O)NC[C@@H]1CCCN(C(=O)Nc2ccc(F)cc2F)C1. The molecule has 2 N–H and O–H groups in total. The minimum absolute atomic E-state index is 0.00825. The van der Waals surface area contributed by atoms with Crippen LogP contribution in [0.25, 0.3) is 0 Å². The second kappa shape index (κ2) is 8.09. The fraction of sp³-hybridized carbons (Fsp3) is 0.562. The molecule has 0 spiro atoms. The fourth-order valence-corrected chi connectivity index (χ4v) is 3.40. The lowest BCUT2D eigenvalue weighted by Gasteiger charge is -2.33. The zero-order valence-corrected chi connectivity index (χ0v) is 15.1. The summed E-state index contributed by atoms with van der Waals surface area (Å²) in [6, 6.07) is 2.45. The second-order valence-corrected chi connectivity index (χ2v) is 8.77. The van der Waals surface area contributed by atoms with Crippen LogP contribution < -0.4 is 10.0 Å². The number of likely N-dealkylation sites (tertiary alicyclic amines) is 1. The van der Waals surface area contributed by atoms with Crippen LogP contribution in [0.2, 0.25) is 0 Å². The van der Waals surface area contributed by atoms with Crippen LogP contribution in [0.1, 0.15) is 26.7 Å². The van der Waals surface area contributed by atoms with E-state index in [0.29, 0.717) is 19.2 Å². The van der Waals surface area contributed by atoms with Crippen LogP contribution in [0.5, 0.6) is 0 Å². The topological polar surface area (TPSA) is 78.5 Å². The molecule has 1 saturated heterocycles. The van der Waals surface area contributed by atoms with Crippen LogP contribution in [0.15, 0.2) is 18.2 Å². The number of benzene rings is 1. The van der Waals surface area contributed by atoms with E-state index in [0.717, 1.165) is 18.9 Å². The fourth-order valence-electron chi connectivity index (χ4n) is 2.60. The molecule has 0 aromatic heterocycles. The molecule has 1 aromatic rings. The van der Waals surface area contributed by atoms with E-state index in [1.54, 1.807) is 13.8 Å². The van der Waals surface area contributed by atoms with E-state index in [4.69, 9.17) is 0 Å². The number of nitrogens with one attached hydrogen (secondary N) is 2. The highest BCUT2D eigenvalue weighted by atomic mass is 32.2. The van der Waals surface area contributed by atoms with Crippen molar-refractivity contribution in [3.05, 3.63) is 29.8 Å². The minimum atomic E-state index is -3.35. The largest absolute Gasteiger partial charge is 0.324 e. The van der Waals surface area contributed by atoms with Gasteiger partial charge in [-0.1, -0.05) is 0 Å². The van der Waals surface area contributed by atoms with Gasteiger partial charge in [0.1, 0.15) is 11.6 Å². The first-order valence-electron chi connectivity index (χ1n) is 8.18. The summed E-state index contributed by atoms with van der Waals surface area (Å²) >= 11 is 0. The molecule has 0 unspecified atom stereocenters. The van der Waals surface area contributed by atoms with Gasteiger partial charge in [0.15, 0.2) is 0 Å². The van der Waals surface area contributed by atoms with Gasteiger partial charge in [0, 0.05) is 25.7 Å². The number of piperidine rings is 1. The van der Waals surface area contributed by atoms with E-state index < -0.39 is 32.9 Å². The number of sulfonamides is 1. The van der Waals surface area contributed by atoms with Gasteiger partial charge in [0.25, 0.3) is 0 Å². The predicted molar refractivity (Wildman–Crippen MR) is 91.7 cm³/mol. The predicted octanol–water partition coefficient (Wildman–Crippen LogP) is 2.54. The van der Waals surface area contributed by atoms with Crippen molar-refractivity contribution in [2.24, 2.45) is 5.92 Å². The zero-order chi connectivity index (χ0) is 18.6. The third kappa shape index (κ3) is 5.37. The number of rotatable bonds is 5. The molecule has 1 aliphatic heterocycles. The van der Waals surface area contributed by atoms with Gasteiger partial charge in [-0.2, -0.15) is 0 Å². The van der Waals surface area contributed by atoms with Gasteiger partial charge in [-0.05, 0) is 44.7 Å². The first-order chi connectivity index (χ1) is 11.7. The van der Waals surface area contributed by atoms with Crippen LogP contribution in [-0.2, 0) is 10.0 Å². The maximum Gasteiger partial charge on any atom is 0.321 e. The molecule has 6 nitrogen and oxygen atoms in total. The van der Waals surface area contributed by atoms with Gasteiger partial charge in [0.05, 0.1) is 10.9 Å². The van der Waals surface area contributed by atoms with Crippen LogP contribution >= 0.6 is 0 Å². The molecule has 9 heteroatoms. The first-order valence-corrected chi connectivity index (χ1v) is 9.73. The summed E-state index contributed by atoms with van der Waals surface area (Å²) < 4.78 is 52.7. The van der Waals surface area contributed by atoms with E-state index in [9.17, 15) is 22.0 Å². The Labute approximate surface area is 146 Å². The van der Waals surface area contributed by atoms with Crippen molar-refractivity contribution in [2.45, 2.75) is 31.9 Å². The number of urea groups is 1. The molecule has 2 rings (SSSR count). The third-order valence-corrected chi connectivity index (χ3v) is 5.98. The van der Waals surface area contributed by atoms with Crippen molar-refractivity contribution in [3.8, 4) is 0 Å². The molecule has 140 valence electrons. The lowest BCUT2D eigenvalue weighted by molar-refractivity contribution is 0.178. The summed E-state index contributed by atoms with van der Waals surface area (Å²) in [7, 11) is -3.35. The molecular weight excluding hydrogens is 352 g/mol. The molecule has 1 fully saturated rings. The van der Waals surface area contributed by atoms with Crippen LogP contribution in [0.3, 0.4) is 0 Å². The van der Waals surface area contributed by atoms with Crippen molar-refractivity contribution >= 4 is 21.7 Å². The second-order valence-electron chi connectivity index (χ2n) is 6.45. The van der Waals surface area contributed by atoms with E-state index in [2.05, 4.69) is 10.0 Å². The lowest BCUT2D eigenvalue weighted by atomic mass is 9.99. The number of hydrogen-bond acceptors (Lipinski definition) is 3. The summed E-state index contributed by atoms with van der Waals surface area (Å²) in [5.74, 6) is -1.57. The number of anilines is 1. The highest BCUT2D eigenvalue weighted by molar-refractivity contribution is 7.90. The third-order valence-electron chi connectivity index (χ3n) is 4.17. The van der Waals surface area contributed by atoms with Crippen molar-refractivity contribution in [3.63, 3.8) is 0 Å². The minimum Gasteiger partial charge on any atom is -0.324 e. The molecular formula is C16H23F2N3O3S. The normalized spacial score (nSPS) is 18.4. The number of carbonyl (C=O) groups excluding carboxylic acids is 1. The van der Waals surface area contributed by atoms with Crippen molar-refractivity contribution in [1.82, 2.24) is 9.62 Å². The van der Waals surface area contributed by atoms with Gasteiger partial charge in [-0.15, -0.1) is 0 Å².